The summed E-state index contributed by atoms with van der Waals surface area (Å²) in [6.45, 7) is 9.95. The molecule has 0 radical (unpaired) electrons. The lowest BCUT2D eigenvalue weighted by molar-refractivity contribution is -0.133. The van der Waals surface area contributed by atoms with Gasteiger partial charge in [0.1, 0.15) is 0 Å². The predicted molar refractivity (Wildman–Crippen MR) is 80.4 cm³/mol. The number of amides is 2. The fourth-order valence-corrected chi connectivity index (χ4v) is 2.75. The van der Waals surface area contributed by atoms with E-state index in [-0.39, 0.29) is 13.1 Å². The zero-order valence-electron chi connectivity index (χ0n) is 14.5. The number of rotatable bonds is 4. The van der Waals surface area contributed by atoms with Gasteiger partial charge in [0.05, 0.1) is 0 Å². The van der Waals surface area contributed by atoms with Gasteiger partial charge >= 0.3 is 12.2 Å². The highest BCUT2D eigenvalue weighted by Crippen LogP contribution is 2.38. The molecule has 0 unspecified atom stereocenters. The van der Waals surface area contributed by atoms with E-state index in [1.807, 2.05) is 0 Å². The van der Waals surface area contributed by atoms with Gasteiger partial charge in [-0.05, 0) is 48.0 Å². The highest BCUT2D eigenvalue weighted by Gasteiger charge is 2.58. The second kappa shape index (κ2) is 4.98. The van der Waals surface area contributed by atoms with Crippen molar-refractivity contribution < 1.29 is 29.3 Å². The van der Waals surface area contributed by atoms with Crippen LogP contribution in [-0.2, 0) is 9.47 Å². The van der Waals surface area contributed by atoms with Gasteiger partial charge in [0, 0.05) is 13.1 Å². The van der Waals surface area contributed by atoms with Gasteiger partial charge in [-0.25, -0.2) is 9.59 Å². The first kappa shape index (κ1) is 17.8. The normalized spacial score (nSPS) is 35.5. The largest absolute Gasteiger partial charge is 0.438 e. The molecule has 0 aromatic carbocycles. The third kappa shape index (κ3) is 2.53. The van der Waals surface area contributed by atoms with Crippen molar-refractivity contribution in [2.24, 2.45) is 0 Å². The Kier molecular flexibility index (Phi) is 3.85. The molecule has 8 heteroatoms. The number of cyclic esters (lactones) is 2. The number of carbonyl (C=O) groups excluding carboxylic acids is 2. The van der Waals surface area contributed by atoms with Gasteiger partial charge in [-0.1, -0.05) is 0 Å². The smallest absolute Gasteiger partial charge is 0.412 e. The predicted octanol–water partition coefficient (Wildman–Crippen LogP) is 1.26. The summed E-state index contributed by atoms with van der Waals surface area (Å²) in [6.07, 6.45) is -0.838. The second-order valence-electron chi connectivity index (χ2n) is 7.46. The molecule has 2 amide bonds. The Bertz CT molecular complexity index is 480. The van der Waals surface area contributed by atoms with E-state index in [2.05, 4.69) is 0 Å². The summed E-state index contributed by atoms with van der Waals surface area (Å²) in [6, 6.07) is 0. The van der Waals surface area contributed by atoms with E-state index in [0.29, 0.717) is 6.42 Å². The highest BCUT2D eigenvalue weighted by atomic mass is 16.6. The summed E-state index contributed by atoms with van der Waals surface area (Å²) >= 11 is 0. The van der Waals surface area contributed by atoms with Crippen molar-refractivity contribution >= 4 is 12.2 Å². The molecule has 23 heavy (non-hydrogen) atoms. The minimum Gasteiger partial charge on any atom is -0.438 e. The van der Waals surface area contributed by atoms with Crippen molar-refractivity contribution in [2.45, 2.75) is 70.6 Å². The molecular weight excluding hydrogens is 304 g/mol. The Balaban J connectivity index is 2.01. The van der Waals surface area contributed by atoms with Crippen LogP contribution in [0.4, 0.5) is 9.59 Å². The van der Waals surface area contributed by atoms with Crippen LogP contribution < -0.4 is 0 Å². The summed E-state index contributed by atoms with van der Waals surface area (Å²) in [5.74, 6) is 0. The SMILES string of the molecule is CC1(C)OC(=O)N(CCCN2C(=O)OC(C)(C)[C@@]2(C)O)[C@]1(C)O. The van der Waals surface area contributed by atoms with Crippen LogP contribution in [0.5, 0.6) is 0 Å². The zero-order chi connectivity index (χ0) is 17.8. The molecule has 0 bridgehead atoms. The maximum atomic E-state index is 11.9. The Morgan fingerprint density at radius 3 is 1.30 bits per heavy atom. The molecule has 2 rings (SSSR count). The third-order valence-electron chi connectivity index (χ3n) is 5.22. The number of hydrogen-bond donors (Lipinski definition) is 2. The number of nitrogens with zero attached hydrogens (tertiary/aromatic N) is 2. The fraction of sp³-hybridized carbons (Fsp3) is 0.867. The van der Waals surface area contributed by atoms with Crippen LogP contribution in [0.2, 0.25) is 0 Å². The Hall–Kier alpha value is -1.54. The van der Waals surface area contributed by atoms with Gasteiger partial charge in [-0.2, -0.15) is 0 Å². The maximum Gasteiger partial charge on any atom is 0.412 e. The first-order valence-electron chi connectivity index (χ1n) is 7.70. The summed E-state index contributed by atoms with van der Waals surface area (Å²) in [5, 5.41) is 21.0. The lowest BCUT2D eigenvalue weighted by Gasteiger charge is -2.36. The zero-order valence-corrected chi connectivity index (χ0v) is 14.5. The minimum absolute atomic E-state index is 0.190. The summed E-state index contributed by atoms with van der Waals surface area (Å²) in [4.78, 5) is 26.3. The maximum absolute atomic E-state index is 11.9. The van der Waals surface area contributed by atoms with E-state index in [9.17, 15) is 19.8 Å². The molecular formula is C15H26N2O6. The molecule has 0 spiro atoms. The van der Waals surface area contributed by atoms with Gasteiger partial charge in [0.15, 0.2) is 22.7 Å². The molecule has 8 nitrogen and oxygen atoms in total. The van der Waals surface area contributed by atoms with Crippen LogP contribution >= 0.6 is 0 Å². The molecule has 2 heterocycles. The topological polar surface area (TPSA) is 99.5 Å². The van der Waals surface area contributed by atoms with E-state index >= 15 is 0 Å². The first-order valence-corrected chi connectivity index (χ1v) is 7.70. The van der Waals surface area contributed by atoms with Crippen molar-refractivity contribution in [1.82, 2.24) is 9.80 Å². The molecule has 2 aliphatic heterocycles. The monoisotopic (exact) mass is 330 g/mol. The summed E-state index contributed by atoms with van der Waals surface area (Å²) in [7, 11) is 0. The van der Waals surface area contributed by atoms with Gasteiger partial charge in [0.2, 0.25) is 0 Å². The summed E-state index contributed by atoms with van der Waals surface area (Å²) in [5.41, 5.74) is -4.94. The molecule has 132 valence electrons. The average Bonchev–Trinajstić information content (AvgIpc) is 2.59. The van der Waals surface area contributed by atoms with Gasteiger partial charge in [-0.3, -0.25) is 9.80 Å². The molecule has 2 atom stereocenters. The molecule has 0 aliphatic carbocycles. The number of ether oxygens (including phenoxy) is 2. The van der Waals surface area contributed by atoms with Crippen LogP contribution in [0.1, 0.15) is 48.0 Å². The number of carbonyl (C=O) groups is 2. The van der Waals surface area contributed by atoms with Crippen LogP contribution in [0, 0.1) is 0 Å². The molecule has 2 aliphatic rings. The van der Waals surface area contributed by atoms with Crippen molar-refractivity contribution in [3.05, 3.63) is 0 Å². The minimum atomic E-state index is -1.45. The van der Waals surface area contributed by atoms with Crippen molar-refractivity contribution in [3.63, 3.8) is 0 Å². The Morgan fingerprint density at radius 2 is 1.09 bits per heavy atom. The molecule has 2 N–H and O–H groups in total. The molecule has 2 fully saturated rings. The molecule has 0 aromatic heterocycles. The van der Waals surface area contributed by atoms with Gasteiger partial charge in [-0.15, -0.1) is 0 Å². The van der Waals surface area contributed by atoms with E-state index in [1.165, 1.54) is 23.6 Å². The fourth-order valence-electron chi connectivity index (χ4n) is 2.75. The van der Waals surface area contributed by atoms with Gasteiger partial charge < -0.3 is 19.7 Å². The summed E-state index contributed by atoms with van der Waals surface area (Å²) < 4.78 is 10.4. The Labute approximate surface area is 135 Å². The highest BCUT2D eigenvalue weighted by molar-refractivity contribution is 5.72. The number of aliphatic hydroxyl groups is 2. The van der Waals surface area contributed by atoms with Crippen molar-refractivity contribution in [2.75, 3.05) is 13.1 Å². The lowest BCUT2D eigenvalue weighted by Crippen LogP contribution is -2.55. The first-order chi connectivity index (χ1) is 10.2. The van der Waals surface area contributed by atoms with E-state index in [0.717, 1.165) is 0 Å². The Morgan fingerprint density at radius 1 is 0.783 bits per heavy atom. The molecule has 0 aromatic rings. The molecule has 2 saturated heterocycles. The van der Waals surface area contributed by atoms with Crippen LogP contribution in [-0.4, -0.2) is 67.9 Å². The van der Waals surface area contributed by atoms with Gasteiger partial charge in [0.25, 0.3) is 0 Å². The van der Waals surface area contributed by atoms with Crippen molar-refractivity contribution in [1.29, 1.82) is 0 Å². The van der Waals surface area contributed by atoms with E-state index in [4.69, 9.17) is 9.47 Å². The van der Waals surface area contributed by atoms with E-state index < -0.39 is 34.8 Å². The van der Waals surface area contributed by atoms with Crippen LogP contribution in [0.15, 0.2) is 0 Å². The number of hydrogen-bond acceptors (Lipinski definition) is 6. The average molecular weight is 330 g/mol. The third-order valence-corrected chi connectivity index (χ3v) is 5.22. The molecule has 0 saturated carbocycles. The lowest BCUT2D eigenvalue weighted by atomic mass is 9.95. The van der Waals surface area contributed by atoms with Crippen LogP contribution in [0.3, 0.4) is 0 Å². The second-order valence-corrected chi connectivity index (χ2v) is 7.46. The van der Waals surface area contributed by atoms with Crippen molar-refractivity contribution in [3.8, 4) is 0 Å². The quantitative estimate of drug-likeness (QED) is 0.805. The van der Waals surface area contributed by atoms with Crippen LogP contribution in [0.25, 0.3) is 0 Å². The van der Waals surface area contributed by atoms with E-state index in [1.54, 1.807) is 27.7 Å². The standard InChI is InChI=1S/C15H26N2O6/c1-12(2)14(5,20)16(10(18)22-12)8-7-9-17-11(19)23-13(3,4)15(17,6)21/h20-21H,7-9H2,1-6H3/t14-,15-/m1/s1.